The second-order valence-electron chi connectivity index (χ2n) is 3.45. The van der Waals surface area contributed by atoms with Crippen LogP contribution in [-0.4, -0.2) is 27.5 Å². The van der Waals surface area contributed by atoms with Gasteiger partial charge in [0.1, 0.15) is 15.6 Å². The van der Waals surface area contributed by atoms with Crippen LogP contribution in [0.5, 0.6) is 5.75 Å². The fourth-order valence-electron chi connectivity index (χ4n) is 1.24. The summed E-state index contributed by atoms with van der Waals surface area (Å²) in [5.74, 6) is 0.470. The molecule has 3 nitrogen and oxygen atoms in total. The Kier molecular flexibility index (Phi) is 4.47. The molecule has 90 valence electrons. The van der Waals surface area contributed by atoms with Gasteiger partial charge in [0.05, 0.1) is 18.2 Å². The Morgan fingerprint density at radius 3 is 2.50 bits per heavy atom. The topological polar surface area (TPSA) is 43.4 Å². The SMILES string of the molecule is COc1ccc(C(Cl)CS(C)(=O)=O)c(Cl)c1. The molecule has 0 amide bonds. The molecule has 0 aliphatic heterocycles. The van der Waals surface area contributed by atoms with Crippen molar-refractivity contribution >= 4 is 33.0 Å². The molecule has 1 atom stereocenters. The number of methoxy groups -OCH3 is 1. The van der Waals surface area contributed by atoms with E-state index in [1.54, 1.807) is 18.2 Å². The molecule has 0 aromatic heterocycles. The van der Waals surface area contributed by atoms with Crippen LogP contribution < -0.4 is 4.74 Å². The number of rotatable bonds is 4. The molecule has 0 saturated carbocycles. The molecular formula is C10H12Cl2O3S. The fourth-order valence-corrected chi connectivity index (χ4v) is 3.19. The van der Waals surface area contributed by atoms with Crippen LogP contribution in [0.25, 0.3) is 0 Å². The zero-order chi connectivity index (χ0) is 12.3. The third kappa shape index (κ3) is 3.85. The summed E-state index contributed by atoms with van der Waals surface area (Å²) in [6, 6.07) is 4.97. The van der Waals surface area contributed by atoms with Gasteiger partial charge in [-0.3, -0.25) is 0 Å². The van der Waals surface area contributed by atoms with Crippen molar-refractivity contribution in [3.63, 3.8) is 0 Å². The van der Waals surface area contributed by atoms with E-state index in [-0.39, 0.29) is 5.75 Å². The Hall–Kier alpha value is -0.450. The molecule has 6 heteroatoms. The van der Waals surface area contributed by atoms with Crippen LogP contribution in [0.3, 0.4) is 0 Å². The Balaban J connectivity index is 2.96. The van der Waals surface area contributed by atoms with E-state index >= 15 is 0 Å². The lowest BCUT2D eigenvalue weighted by atomic mass is 10.1. The number of hydrogen-bond donors (Lipinski definition) is 0. The van der Waals surface area contributed by atoms with Crippen LogP contribution in [0, 0.1) is 0 Å². The van der Waals surface area contributed by atoms with Crippen LogP contribution in [0.4, 0.5) is 0 Å². The number of hydrogen-bond acceptors (Lipinski definition) is 3. The number of halogens is 2. The Labute approximate surface area is 105 Å². The molecular weight excluding hydrogens is 271 g/mol. The maximum atomic E-state index is 11.1. The van der Waals surface area contributed by atoms with Crippen molar-refractivity contribution in [2.75, 3.05) is 19.1 Å². The van der Waals surface area contributed by atoms with Crippen LogP contribution in [-0.2, 0) is 9.84 Å². The van der Waals surface area contributed by atoms with Gasteiger partial charge >= 0.3 is 0 Å². The summed E-state index contributed by atoms with van der Waals surface area (Å²) >= 11 is 12.0. The minimum atomic E-state index is -3.13. The van der Waals surface area contributed by atoms with Crippen molar-refractivity contribution in [2.45, 2.75) is 5.38 Å². The Morgan fingerprint density at radius 1 is 1.44 bits per heavy atom. The maximum Gasteiger partial charge on any atom is 0.149 e. The van der Waals surface area contributed by atoms with Crippen LogP contribution >= 0.6 is 23.2 Å². The smallest absolute Gasteiger partial charge is 0.149 e. The number of sulfone groups is 1. The Morgan fingerprint density at radius 2 is 2.06 bits per heavy atom. The zero-order valence-corrected chi connectivity index (χ0v) is 11.2. The molecule has 1 aromatic carbocycles. The molecule has 0 aliphatic rings. The maximum absolute atomic E-state index is 11.1. The first-order valence-corrected chi connectivity index (χ1v) is 7.36. The predicted molar refractivity (Wildman–Crippen MR) is 66.3 cm³/mol. The van der Waals surface area contributed by atoms with Crippen LogP contribution in [0.2, 0.25) is 5.02 Å². The number of ether oxygens (including phenoxy) is 1. The summed E-state index contributed by atoms with van der Waals surface area (Å²) < 4.78 is 27.2. The van der Waals surface area contributed by atoms with Crippen molar-refractivity contribution in [1.29, 1.82) is 0 Å². The van der Waals surface area contributed by atoms with Crippen molar-refractivity contribution in [3.05, 3.63) is 28.8 Å². The standard InChI is InChI=1S/C10H12Cl2O3S/c1-15-7-3-4-8(9(11)5-7)10(12)6-16(2,13)14/h3-5,10H,6H2,1-2H3. The first-order chi connectivity index (χ1) is 7.33. The molecule has 1 aromatic rings. The van der Waals surface area contributed by atoms with Gasteiger partial charge in [-0.2, -0.15) is 0 Å². The van der Waals surface area contributed by atoms with Gasteiger partial charge in [0.15, 0.2) is 0 Å². The highest BCUT2D eigenvalue weighted by molar-refractivity contribution is 7.90. The van der Waals surface area contributed by atoms with Crippen LogP contribution in [0.1, 0.15) is 10.9 Å². The summed E-state index contributed by atoms with van der Waals surface area (Å²) in [6.45, 7) is 0. The molecule has 1 unspecified atom stereocenters. The van der Waals surface area contributed by atoms with E-state index < -0.39 is 15.2 Å². The molecule has 0 aliphatic carbocycles. The lowest BCUT2D eigenvalue weighted by Crippen LogP contribution is -2.09. The first-order valence-electron chi connectivity index (χ1n) is 4.48. The normalized spacial score (nSPS) is 13.5. The van der Waals surface area contributed by atoms with Gasteiger partial charge in [-0.25, -0.2) is 8.42 Å². The van der Waals surface area contributed by atoms with Gasteiger partial charge in [0.25, 0.3) is 0 Å². The molecule has 0 heterocycles. The minimum absolute atomic E-state index is 0.138. The summed E-state index contributed by atoms with van der Waals surface area (Å²) in [5, 5.41) is -0.239. The summed E-state index contributed by atoms with van der Waals surface area (Å²) in [7, 11) is -1.60. The Bertz CT molecular complexity index is 471. The van der Waals surface area contributed by atoms with Gasteiger partial charge in [0, 0.05) is 11.3 Å². The minimum Gasteiger partial charge on any atom is -0.497 e. The highest BCUT2D eigenvalue weighted by atomic mass is 35.5. The molecule has 0 fully saturated rings. The second kappa shape index (κ2) is 5.25. The van der Waals surface area contributed by atoms with Crippen LogP contribution in [0.15, 0.2) is 18.2 Å². The van der Waals surface area contributed by atoms with E-state index in [9.17, 15) is 8.42 Å². The van der Waals surface area contributed by atoms with Gasteiger partial charge in [-0.15, -0.1) is 11.6 Å². The van der Waals surface area contributed by atoms with Crippen molar-refractivity contribution in [3.8, 4) is 5.75 Å². The van der Waals surface area contributed by atoms with E-state index in [0.29, 0.717) is 16.3 Å². The van der Waals surface area contributed by atoms with E-state index in [2.05, 4.69) is 0 Å². The van der Waals surface area contributed by atoms with Gasteiger partial charge < -0.3 is 4.74 Å². The van der Waals surface area contributed by atoms with E-state index in [0.717, 1.165) is 6.26 Å². The van der Waals surface area contributed by atoms with E-state index in [1.165, 1.54) is 7.11 Å². The molecule has 0 N–H and O–H groups in total. The van der Waals surface area contributed by atoms with E-state index in [4.69, 9.17) is 27.9 Å². The lowest BCUT2D eigenvalue weighted by molar-refractivity contribution is 0.414. The third-order valence-corrected chi connectivity index (χ3v) is 3.83. The van der Waals surface area contributed by atoms with Crippen molar-refractivity contribution < 1.29 is 13.2 Å². The lowest BCUT2D eigenvalue weighted by Gasteiger charge is -2.11. The monoisotopic (exact) mass is 282 g/mol. The summed E-state index contributed by atoms with van der Waals surface area (Å²) in [6.07, 6.45) is 1.14. The van der Waals surface area contributed by atoms with E-state index in [1.807, 2.05) is 0 Å². The number of benzene rings is 1. The second-order valence-corrected chi connectivity index (χ2v) is 6.57. The number of alkyl halides is 1. The molecule has 0 radical (unpaired) electrons. The molecule has 0 spiro atoms. The van der Waals surface area contributed by atoms with Gasteiger partial charge in [-0.1, -0.05) is 17.7 Å². The summed E-state index contributed by atoms with van der Waals surface area (Å²) in [5.41, 5.74) is 0.592. The fraction of sp³-hybridized carbons (Fsp3) is 0.400. The zero-order valence-electron chi connectivity index (χ0n) is 8.91. The average Bonchev–Trinajstić information content (AvgIpc) is 2.14. The highest BCUT2D eigenvalue weighted by Crippen LogP contribution is 2.31. The molecule has 0 saturated heterocycles. The van der Waals surface area contributed by atoms with Gasteiger partial charge in [0.2, 0.25) is 0 Å². The average molecular weight is 283 g/mol. The predicted octanol–water partition coefficient (Wildman–Crippen LogP) is 2.67. The quantitative estimate of drug-likeness (QED) is 0.798. The highest BCUT2D eigenvalue weighted by Gasteiger charge is 2.17. The molecule has 0 bridgehead atoms. The molecule has 16 heavy (non-hydrogen) atoms. The summed E-state index contributed by atoms with van der Waals surface area (Å²) in [4.78, 5) is 0. The van der Waals surface area contributed by atoms with Crippen molar-refractivity contribution in [2.24, 2.45) is 0 Å². The van der Waals surface area contributed by atoms with Crippen molar-refractivity contribution in [1.82, 2.24) is 0 Å². The first kappa shape index (κ1) is 13.6. The largest absolute Gasteiger partial charge is 0.497 e. The van der Waals surface area contributed by atoms with Gasteiger partial charge in [-0.05, 0) is 17.7 Å². The molecule has 1 rings (SSSR count). The third-order valence-electron chi connectivity index (χ3n) is 1.99.